The predicted octanol–water partition coefficient (Wildman–Crippen LogP) is 1.81. The van der Waals surface area contributed by atoms with Crippen LogP contribution in [0.3, 0.4) is 0 Å². The van der Waals surface area contributed by atoms with Gasteiger partial charge in [-0.3, -0.25) is 0 Å². The maximum absolute atomic E-state index is 6.09. The van der Waals surface area contributed by atoms with Crippen molar-refractivity contribution in [2.75, 3.05) is 21.3 Å². The highest BCUT2D eigenvalue weighted by Crippen LogP contribution is 2.21. The molecule has 0 aromatic rings. The maximum Gasteiger partial charge on any atom is 0.518 e. The Hall–Kier alpha value is 0.387. The standard InChI is InChI=1S/C7H17ClO3Si/c1-5-6-7(8)12(9-2,10-3)11-4/h7H,5-6H2,1-4H3. The predicted molar refractivity (Wildman–Crippen MR) is 51.3 cm³/mol. The average molecular weight is 213 g/mol. The van der Waals surface area contributed by atoms with Crippen molar-refractivity contribution in [2.24, 2.45) is 0 Å². The first-order valence-corrected chi connectivity index (χ1v) is 6.20. The van der Waals surface area contributed by atoms with E-state index in [0.29, 0.717) is 0 Å². The topological polar surface area (TPSA) is 27.7 Å². The third-order valence-electron chi connectivity index (χ3n) is 1.78. The Morgan fingerprint density at radius 3 is 1.83 bits per heavy atom. The minimum atomic E-state index is -2.58. The van der Waals surface area contributed by atoms with Gasteiger partial charge >= 0.3 is 8.80 Å². The van der Waals surface area contributed by atoms with Gasteiger partial charge in [0, 0.05) is 21.3 Å². The minimum Gasteiger partial charge on any atom is -0.376 e. The molecule has 0 N–H and O–H groups in total. The highest BCUT2D eigenvalue weighted by Gasteiger charge is 2.45. The normalized spacial score (nSPS) is 14.8. The van der Waals surface area contributed by atoms with Crippen molar-refractivity contribution in [3.8, 4) is 0 Å². The average Bonchev–Trinajstić information content (AvgIpc) is 2.09. The lowest BCUT2D eigenvalue weighted by Gasteiger charge is -2.28. The molecule has 0 rings (SSSR count). The van der Waals surface area contributed by atoms with E-state index < -0.39 is 8.80 Å². The summed E-state index contributed by atoms with van der Waals surface area (Å²) >= 11 is 6.09. The number of hydrogen-bond donors (Lipinski definition) is 0. The number of hydrogen-bond acceptors (Lipinski definition) is 3. The third kappa shape index (κ3) is 2.71. The summed E-state index contributed by atoms with van der Waals surface area (Å²) in [5.74, 6) is 0. The summed E-state index contributed by atoms with van der Waals surface area (Å²) < 4.78 is 15.6. The molecule has 1 atom stereocenters. The van der Waals surface area contributed by atoms with Crippen molar-refractivity contribution >= 4 is 20.4 Å². The molecule has 0 aliphatic rings. The van der Waals surface area contributed by atoms with Crippen LogP contribution in [0.25, 0.3) is 0 Å². The maximum atomic E-state index is 6.09. The molecule has 0 radical (unpaired) electrons. The van der Waals surface area contributed by atoms with Gasteiger partial charge in [-0.2, -0.15) is 0 Å². The van der Waals surface area contributed by atoms with Gasteiger partial charge in [0.1, 0.15) is 5.00 Å². The molecule has 74 valence electrons. The molecular weight excluding hydrogens is 196 g/mol. The number of alkyl halides is 1. The van der Waals surface area contributed by atoms with Gasteiger partial charge in [-0.25, -0.2) is 0 Å². The van der Waals surface area contributed by atoms with E-state index in [1.165, 1.54) is 0 Å². The summed E-state index contributed by atoms with van der Waals surface area (Å²) in [5, 5.41) is -0.150. The summed E-state index contributed by atoms with van der Waals surface area (Å²) in [6.07, 6.45) is 1.85. The molecular formula is C7H17ClO3Si. The van der Waals surface area contributed by atoms with Crippen molar-refractivity contribution < 1.29 is 13.3 Å². The summed E-state index contributed by atoms with van der Waals surface area (Å²) in [5.41, 5.74) is 0. The van der Waals surface area contributed by atoms with Crippen LogP contribution in [0.1, 0.15) is 19.8 Å². The van der Waals surface area contributed by atoms with Crippen LogP contribution in [-0.2, 0) is 13.3 Å². The van der Waals surface area contributed by atoms with Gasteiger partial charge in [0.15, 0.2) is 0 Å². The first-order valence-electron chi connectivity index (χ1n) is 3.96. The van der Waals surface area contributed by atoms with E-state index in [4.69, 9.17) is 24.9 Å². The molecule has 0 aliphatic heterocycles. The summed E-state index contributed by atoms with van der Waals surface area (Å²) in [6.45, 7) is 2.06. The first kappa shape index (κ1) is 12.4. The minimum absolute atomic E-state index is 0.150. The van der Waals surface area contributed by atoms with Crippen molar-refractivity contribution in [2.45, 2.75) is 24.8 Å². The molecule has 12 heavy (non-hydrogen) atoms. The Bertz CT molecular complexity index is 111. The Morgan fingerprint density at radius 2 is 1.58 bits per heavy atom. The lowest BCUT2D eigenvalue weighted by Crippen LogP contribution is -2.51. The monoisotopic (exact) mass is 212 g/mol. The van der Waals surface area contributed by atoms with Crippen LogP contribution < -0.4 is 0 Å². The SMILES string of the molecule is CCCC(Cl)[Si](OC)(OC)OC. The van der Waals surface area contributed by atoms with Crippen molar-refractivity contribution in [3.05, 3.63) is 0 Å². The second kappa shape index (κ2) is 5.94. The third-order valence-corrected chi connectivity index (χ3v) is 5.56. The van der Waals surface area contributed by atoms with Crippen molar-refractivity contribution in [1.29, 1.82) is 0 Å². The van der Waals surface area contributed by atoms with E-state index >= 15 is 0 Å². The van der Waals surface area contributed by atoms with Gasteiger partial charge in [0.2, 0.25) is 0 Å². The van der Waals surface area contributed by atoms with Gasteiger partial charge in [-0.15, -0.1) is 11.6 Å². The fourth-order valence-corrected chi connectivity index (χ4v) is 3.99. The molecule has 0 saturated carbocycles. The number of halogens is 1. The van der Waals surface area contributed by atoms with Gasteiger partial charge in [-0.1, -0.05) is 13.3 Å². The van der Waals surface area contributed by atoms with Gasteiger partial charge in [0.05, 0.1) is 0 Å². The lowest BCUT2D eigenvalue weighted by molar-refractivity contribution is 0.120. The second-order valence-corrected chi connectivity index (χ2v) is 6.49. The molecule has 0 fully saturated rings. The second-order valence-electron chi connectivity index (χ2n) is 2.47. The molecule has 0 aliphatic carbocycles. The highest BCUT2D eigenvalue weighted by molar-refractivity contribution is 6.71. The molecule has 0 saturated heterocycles. The molecule has 0 spiro atoms. The Kier molecular flexibility index (Phi) is 6.13. The van der Waals surface area contributed by atoms with Crippen LogP contribution in [0.2, 0.25) is 0 Å². The fourth-order valence-electron chi connectivity index (χ4n) is 1.06. The quantitative estimate of drug-likeness (QED) is 0.497. The molecule has 0 aromatic heterocycles. The van der Waals surface area contributed by atoms with E-state index in [2.05, 4.69) is 6.92 Å². The van der Waals surface area contributed by atoms with Gasteiger partial charge in [-0.05, 0) is 6.42 Å². The first-order chi connectivity index (χ1) is 5.66. The highest BCUT2D eigenvalue weighted by atomic mass is 35.5. The molecule has 0 amide bonds. The fraction of sp³-hybridized carbons (Fsp3) is 1.00. The smallest absolute Gasteiger partial charge is 0.376 e. The van der Waals surface area contributed by atoms with Gasteiger partial charge < -0.3 is 13.3 Å². The molecule has 5 heteroatoms. The summed E-state index contributed by atoms with van der Waals surface area (Å²) in [7, 11) is 2.14. The number of rotatable bonds is 6. The molecule has 1 unspecified atom stereocenters. The van der Waals surface area contributed by atoms with Gasteiger partial charge in [0.25, 0.3) is 0 Å². The van der Waals surface area contributed by atoms with Crippen LogP contribution in [0.15, 0.2) is 0 Å². The summed E-state index contributed by atoms with van der Waals surface area (Å²) in [6, 6.07) is 0. The van der Waals surface area contributed by atoms with Crippen LogP contribution in [-0.4, -0.2) is 35.1 Å². The van der Waals surface area contributed by atoms with E-state index in [1.54, 1.807) is 21.3 Å². The van der Waals surface area contributed by atoms with E-state index in [0.717, 1.165) is 12.8 Å². The zero-order valence-corrected chi connectivity index (χ0v) is 9.85. The van der Waals surface area contributed by atoms with Crippen LogP contribution in [0.5, 0.6) is 0 Å². The van der Waals surface area contributed by atoms with Crippen LogP contribution in [0, 0.1) is 0 Å². The Labute approximate surface area is 80.3 Å². The van der Waals surface area contributed by atoms with Crippen molar-refractivity contribution in [1.82, 2.24) is 0 Å². The largest absolute Gasteiger partial charge is 0.518 e. The Morgan fingerprint density at radius 1 is 1.17 bits per heavy atom. The molecule has 0 bridgehead atoms. The van der Waals surface area contributed by atoms with Crippen molar-refractivity contribution in [3.63, 3.8) is 0 Å². The Balaban J connectivity index is 4.24. The lowest BCUT2D eigenvalue weighted by atomic mass is 10.4. The van der Waals surface area contributed by atoms with E-state index in [1.807, 2.05) is 0 Å². The molecule has 0 aromatic carbocycles. The zero-order valence-electron chi connectivity index (χ0n) is 8.09. The van der Waals surface area contributed by atoms with E-state index in [9.17, 15) is 0 Å². The molecule has 3 nitrogen and oxygen atoms in total. The van der Waals surface area contributed by atoms with E-state index in [-0.39, 0.29) is 5.00 Å². The summed E-state index contributed by atoms with van der Waals surface area (Å²) in [4.78, 5) is 0. The molecule has 0 heterocycles. The zero-order chi connectivity index (χ0) is 9.61. The van der Waals surface area contributed by atoms with Crippen LogP contribution in [0.4, 0.5) is 0 Å². The van der Waals surface area contributed by atoms with Crippen LogP contribution >= 0.6 is 11.6 Å².